The molecular formula is C17H22N2O2. The fraction of sp³-hybridized carbons (Fsp3) is 0.471. The van der Waals surface area contributed by atoms with Gasteiger partial charge in [0.15, 0.2) is 5.79 Å². The third-order valence-corrected chi connectivity index (χ3v) is 3.86. The van der Waals surface area contributed by atoms with Crippen molar-refractivity contribution in [2.75, 3.05) is 13.2 Å². The van der Waals surface area contributed by atoms with Gasteiger partial charge in [-0.25, -0.2) is 4.98 Å². The van der Waals surface area contributed by atoms with Gasteiger partial charge in [0.25, 0.3) is 0 Å². The molecule has 0 saturated carbocycles. The maximum Gasteiger partial charge on any atom is 0.196 e. The predicted molar refractivity (Wildman–Crippen MR) is 80.6 cm³/mol. The second-order valence-electron chi connectivity index (χ2n) is 6.41. The summed E-state index contributed by atoms with van der Waals surface area (Å²) in [4.78, 5) is 4.09. The highest BCUT2D eigenvalue weighted by molar-refractivity contribution is 5.21. The maximum absolute atomic E-state index is 6.21. The molecule has 1 aliphatic rings. The molecule has 2 heterocycles. The molecule has 0 spiro atoms. The van der Waals surface area contributed by atoms with Gasteiger partial charge in [0.05, 0.1) is 19.5 Å². The molecule has 0 bridgehead atoms. The minimum Gasteiger partial charge on any atom is -0.345 e. The second kappa shape index (κ2) is 5.62. The van der Waals surface area contributed by atoms with Crippen LogP contribution in [-0.2, 0) is 21.8 Å². The van der Waals surface area contributed by atoms with Gasteiger partial charge in [-0.15, -0.1) is 0 Å². The molecule has 0 unspecified atom stereocenters. The van der Waals surface area contributed by atoms with Crippen LogP contribution >= 0.6 is 0 Å². The summed E-state index contributed by atoms with van der Waals surface area (Å²) in [7, 11) is 0. The average Bonchev–Trinajstić information content (AvgIpc) is 3.01. The smallest absolute Gasteiger partial charge is 0.196 e. The lowest BCUT2D eigenvalue weighted by atomic mass is 9.92. The van der Waals surface area contributed by atoms with E-state index in [1.54, 1.807) is 6.20 Å². The van der Waals surface area contributed by atoms with E-state index in [1.165, 1.54) is 0 Å². The summed E-state index contributed by atoms with van der Waals surface area (Å²) < 4.78 is 14.5. The third kappa shape index (κ3) is 3.17. The first-order valence-corrected chi connectivity index (χ1v) is 7.39. The quantitative estimate of drug-likeness (QED) is 0.866. The SMILES string of the molecule is CC1(C)COC(CCn2ccnc2)(c2ccccc2)OC1. The van der Waals surface area contributed by atoms with Gasteiger partial charge in [-0.05, 0) is 0 Å². The van der Waals surface area contributed by atoms with Gasteiger partial charge in [-0.2, -0.15) is 0 Å². The van der Waals surface area contributed by atoms with Crippen LogP contribution in [0.25, 0.3) is 0 Å². The topological polar surface area (TPSA) is 36.3 Å². The number of aromatic nitrogens is 2. The molecular weight excluding hydrogens is 264 g/mol. The Kier molecular flexibility index (Phi) is 3.83. The fourth-order valence-electron chi connectivity index (χ4n) is 2.55. The van der Waals surface area contributed by atoms with E-state index < -0.39 is 5.79 Å². The van der Waals surface area contributed by atoms with Gasteiger partial charge in [-0.3, -0.25) is 0 Å². The van der Waals surface area contributed by atoms with Gasteiger partial charge in [-0.1, -0.05) is 44.2 Å². The van der Waals surface area contributed by atoms with Crippen LogP contribution in [0.15, 0.2) is 49.1 Å². The van der Waals surface area contributed by atoms with E-state index in [1.807, 2.05) is 30.7 Å². The highest BCUT2D eigenvalue weighted by Crippen LogP contribution is 2.39. The molecule has 1 aromatic heterocycles. The van der Waals surface area contributed by atoms with Crippen molar-refractivity contribution < 1.29 is 9.47 Å². The van der Waals surface area contributed by atoms with Crippen molar-refractivity contribution in [1.29, 1.82) is 0 Å². The van der Waals surface area contributed by atoms with Crippen molar-refractivity contribution in [2.24, 2.45) is 5.41 Å². The van der Waals surface area contributed by atoms with Gasteiger partial charge in [0.1, 0.15) is 0 Å². The largest absolute Gasteiger partial charge is 0.345 e. The molecule has 21 heavy (non-hydrogen) atoms. The van der Waals surface area contributed by atoms with Crippen LogP contribution in [0.2, 0.25) is 0 Å². The molecule has 4 nitrogen and oxygen atoms in total. The second-order valence-corrected chi connectivity index (χ2v) is 6.41. The van der Waals surface area contributed by atoms with Crippen molar-refractivity contribution in [2.45, 2.75) is 32.6 Å². The zero-order valence-corrected chi connectivity index (χ0v) is 12.7. The van der Waals surface area contributed by atoms with E-state index >= 15 is 0 Å². The van der Waals surface area contributed by atoms with Crippen LogP contribution in [0.5, 0.6) is 0 Å². The number of rotatable bonds is 4. The van der Waals surface area contributed by atoms with E-state index in [9.17, 15) is 0 Å². The number of benzene rings is 1. The van der Waals surface area contributed by atoms with Gasteiger partial charge in [0.2, 0.25) is 0 Å². The van der Waals surface area contributed by atoms with Gasteiger partial charge >= 0.3 is 0 Å². The number of hydrogen-bond donors (Lipinski definition) is 0. The normalized spacial score (nSPS) is 20.3. The average molecular weight is 286 g/mol. The Morgan fingerprint density at radius 1 is 1.14 bits per heavy atom. The molecule has 3 rings (SSSR count). The van der Waals surface area contributed by atoms with Gasteiger partial charge in [0, 0.05) is 36.3 Å². The van der Waals surface area contributed by atoms with E-state index in [0.29, 0.717) is 13.2 Å². The molecule has 0 radical (unpaired) electrons. The summed E-state index contributed by atoms with van der Waals surface area (Å²) in [6.07, 6.45) is 6.35. The van der Waals surface area contributed by atoms with E-state index in [0.717, 1.165) is 18.5 Å². The Hall–Kier alpha value is -1.65. The van der Waals surface area contributed by atoms with Crippen LogP contribution in [0.3, 0.4) is 0 Å². The van der Waals surface area contributed by atoms with Crippen molar-refractivity contribution in [1.82, 2.24) is 9.55 Å². The molecule has 0 N–H and O–H groups in total. The first-order chi connectivity index (χ1) is 10.1. The van der Waals surface area contributed by atoms with Crippen LogP contribution in [0.4, 0.5) is 0 Å². The Labute approximate surface area is 125 Å². The number of imidazole rings is 1. The monoisotopic (exact) mass is 286 g/mol. The Balaban J connectivity index is 1.81. The lowest BCUT2D eigenvalue weighted by Gasteiger charge is -2.44. The van der Waals surface area contributed by atoms with Crippen LogP contribution in [-0.4, -0.2) is 22.8 Å². The summed E-state index contributed by atoms with van der Waals surface area (Å²) in [5.41, 5.74) is 1.15. The molecule has 0 aliphatic carbocycles. The minimum absolute atomic E-state index is 0.0628. The zero-order chi connectivity index (χ0) is 14.8. The summed E-state index contributed by atoms with van der Waals surface area (Å²) in [5, 5.41) is 0. The lowest BCUT2D eigenvalue weighted by Crippen LogP contribution is -2.46. The highest BCUT2D eigenvalue weighted by atomic mass is 16.7. The van der Waals surface area contributed by atoms with Crippen LogP contribution < -0.4 is 0 Å². The van der Waals surface area contributed by atoms with Crippen LogP contribution in [0.1, 0.15) is 25.8 Å². The number of aryl methyl sites for hydroxylation is 1. The lowest BCUT2D eigenvalue weighted by molar-refractivity contribution is -0.312. The highest BCUT2D eigenvalue weighted by Gasteiger charge is 2.41. The number of hydrogen-bond acceptors (Lipinski definition) is 3. The van der Waals surface area contributed by atoms with E-state index in [2.05, 4.69) is 35.5 Å². The summed E-state index contributed by atoms with van der Waals surface area (Å²) in [6, 6.07) is 10.2. The molecule has 0 amide bonds. The molecule has 4 heteroatoms. The summed E-state index contributed by atoms with van der Waals surface area (Å²) in [6.45, 7) is 6.54. The zero-order valence-electron chi connectivity index (χ0n) is 12.7. The molecule has 112 valence electrons. The first kappa shape index (κ1) is 14.3. The van der Waals surface area contributed by atoms with E-state index in [4.69, 9.17) is 9.47 Å². The molecule has 1 saturated heterocycles. The summed E-state index contributed by atoms with van der Waals surface area (Å²) >= 11 is 0. The minimum atomic E-state index is -0.652. The standard InChI is InChI=1S/C17H22N2O2/c1-16(2)12-20-17(21-13-16,15-6-4-3-5-7-15)8-10-19-11-9-18-14-19/h3-7,9,11,14H,8,10,12-13H2,1-2H3. The first-order valence-electron chi connectivity index (χ1n) is 7.39. The van der Waals surface area contributed by atoms with Crippen molar-refractivity contribution in [3.05, 3.63) is 54.6 Å². The Bertz CT molecular complexity index is 554. The molecule has 2 aromatic rings. The number of nitrogens with zero attached hydrogens (tertiary/aromatic N) is 2. The Morgan fingerprint density at radius 2 is 1.86 bits per heavy atom. The van der Waals surface area contributed by atoms with Gasteiger partial charge < -0.3 is 14.0 Å². The molecule has 0 atom stereocenters. The Morgan fingerprint density at radius 3 is 2.48 bits per heavy atom. The molecule has 1 fully saturated rings. The third-order valence-electron chi connectivity index (χ3n) is 3.86. The van der Waals surface area contributed by atoms with Crippen molar-refractivity contribution in [3.63, 3.8) is 0 Å². The maximum atomic E-state index is 6.21. The van der Waals surface area contributed by atoms with E-state index in [-0.39, 0.29) is 5.41 Å². The molecule has 1 aromatic carbocycles. The fourth-order valence-corrected chi connectivity index (χ4v) is 2.55. The van der Waals surface area contributed by atoms with Crippen molar-refractivity contribution >= 4 is 0 Å². The van der Waals surface area contributed by atoms with Crippen LogP contribution in [0, 0.1) is 5.41 Å². The van der Waals surface area contributed by atoms with Crippen molar-refractivity contribution in [3.8, 4) is 0 Å². The number of ether oxygens (including phenoxy) is 2. The summed E-state index contributed by atoms with van der Waals surface area (Å²) in [5.74, 6) is -0.652. The predicted octanol–water partition coefficient (Wildman–Crippen LogP) is 3.20. The molecule has 1 aliphatic heterocycles.